The van der Waals surface area contributed by atoms with Gasteiger partial charge < -0.3 is 4.74 Å². The van der Waals surface area contributed by atoms with Crippen molar-refractivity contribution in [1.82, 2.24) is 4.90 Å². The van der Waals surface area contributed by atoms with E-state index in [0.29, 0.717) is 11.6 Å². The van der Waals surface area contributed by atoms with Gasteiger partial charge in [0.05, 0.1) is 7.11 Å². The number of carbonyl (C=O) groups is 1. The second-order valence-electron chi connectivity index (χ2n) is 4.08. The number of likely N-dealkylation sites (N-methyl/N-ethyl adjacent to an activating group) is 1. The minimum atomic E-state index is -0.474. The summed E-state index contributed by atoms with van der Waals surface area (Å²) in [6.07, 6.45) is 5.46. The van der Waals surface area contributed by atoms with E-state index in [1.165, 1.54) is 7.11 Å². The zero-order chi connectivity index (χ0) is 14.3. The Hall–Kier alpha value is -1.58. The first-order chi connectivity index (χ1) is 9.10. The lowest BCUT2D eigenvalue weighted by molar-refractivity contribution is -0.146. The van der Waals surface area contributed by atoms with Crippen LogP contribution < -0.4 is 0 Å². The minimum absolute atomic E-state index is 0.309. The van der Waals surface area contributed by atoms with Crippen molar-refractivity contribution in [3.8, 4) is 0 Å². The number of hydrogen-bond donors (Lipinski definition) is 0. The molecule has 0 aromatic heterocycles. The summed E-state index contributed by atoms with van der Waals surface area (Å²) in [6.45, 7) is 4.22. The summed E-state index contributed by atoms with van der Waals surface area (Å²) in [7, 11) is 3.24. The molecule has 0 aliphatic rings. The predicted molar refractivity (Wildman–Crippen MR) is 78.2 cm³/mol. The van der Waals surface area contributed by atoms with Gasteiger partial charge in [-0.25, -0.2) is 4.79 Å². The summed E-state index contributed by atoms with van der Waals surface area (Å²) in [5.74, 6) is -0.309. The van der Waals surface area contributed by atoms with Crippen molar-refractivity contribution >= 4 is 17.6 Å². The van der Waals surface area contributed by atoms with Crippen LogP contribution in [-0.2, 0) is 9.53 Å². The maximum Gasteiger partial charge on any atom is 0.327 e. The normalized spacial score (nSPS) is 12.6. The third-order valence-corrected chi connectivity index (χ3v) is 2.93. The van der Waals surface area contributed by atoms with Crippen molar-refractivity contribution in [2.24, 2.45) is 0 Å². The monoisotopic (exact) mass is 279 g/mol. The molecule has 0 fully saturated rings. The van der Waals surface area contributed by atoms with Crippen LogP contribution in [0.5, 0.6) is 0 Å². The summed E-state index contributed by atoms with van der Waals surface area (Å²) < 4.78 is 4.87. The molecule has 1 atom stereocenters. The molecule has 1 rings (SSSR count). The Bertz CT molecular complexity index is 471. The average Bonchev–Trinajstić information content (AvgIpc) is 2.39. The van der Waals surface area contributed by atoms with Crippen LogP contribution in [0.1, 0.15) is 11.6 Å². The van der Waals surface area contributed by atoms with Crippen molar-refractivity contribution in [2.75, 3.05) is 20.7 Å². The zero-order valence-electron chi connectivity index (χ0n) is 11.2. The van der Waals surface area contributed by atoms with E-state index in [1.54, 1.807) is 18.2 Å². The van der Waals surface area contributed by atoms with Gasteiger partial charge in [0.1, 0.15) is 6.04 Å². The molecule has 4 heteroatoms. The van der Waals surface area contributed by atoms with Crippen LogP contribution in [0.3, 0.4) is 0 Å². The second-order valence-corrected chi connectivity index (χ2v) is 4.52. The first-order valence-corrected chi connectivity index (χ1v) is 6.29. The Kier molecular flexibility index (Phi) is 6.33. The average molecular weight is 280 g/mol. The highest BCUT2D eigenvalue weighted by molar-refractivity contribution is 6.30. The molecular formula is C15H18ClNO2. The highest BCUT2D eigenvalue weighted by Crippen LogP contribution is 2.23. The molecule has 0 saturated carbocycles. The van der Waals surface area contributed by atoms with Gasteiger partial charge in [-0.3, -0.25) is 4.90 Å². The van der Waals surface area contributed by atoms with Crippen molar-refractivity contribution in [3.63, 3.8) is 0 Å². The lowest BCUT2D eigenvalue weighted by Crippen LogP contribution is -2.32. The van der Waals surface area contributed by atoms with Gasteiger partial charge in [0, 0.05) is 11.6 Å². The van der Waals surface area contributed by atoms with Crippen LogP contribution in [-0.4, -0.2) is 31.6 Å². The van der Waals surface area contributed by atoms with Crippen LogP contribution >= 0.6 is 11.6 Å². The SMILES string of the molecule is C=C/C=C/CN(C)C(C(=O)OC)c1cccc(Cl)c1. The van der Waals surface area contributed by atoms with E-state index < -0.39 is 6.04 Å². The lowest BCUT2D eigenvalue weighted by atomic mass is 10.1. The molecule has 19 heavy (non-hydrogen) atoms. The number of rotatable bonds is 6. The fourth-order valence-corrected chi connectivity index (χ4v) is 1.99. The number of benzene rings is 1. The molecule has 0 radical (unpaired) electrons. The standard InChI is InChI=1S/C15H18ClNO2/c1-4-5-6-10-17(2)14(15(18)19-3)12-8-7-9-13(16)11-12/h4-9,11,14H,1,10H2,2-3H3/b6-5+. The number of methoxy groups -OCH3 is 1. The van der Waals surface area contributed by atoms with Crippen molar-refractivity contribution in [3.05, 3.63) is 59.7 Å². The number of halogens is 1. The summed E-state index contributed by atoms with van der Waals surface area (Å²) in [5.41, 5.74) is 0.814. The van der Waals surface area contributed by atoms with Crippen LogP contribution in [0.15, 0.2) is 49.1 Å². The van der Waals surface area contributed by atoms with Gasteiger partial charge in [-0.1, -0.05) is 48.5 Å². The first-order valence-electron chi connectivity index (χ1n) is 5.91. The molecule has 0 N–H and O–H groups in total. The topological polar surface area (TPSA) is 29.5 Å². The van der Waals surface area contributed by atoms with E-state index in [1.807, 2.05) is 36.2 Å². The summed E-state index contributed by atoms with van der Waals surface area (Å²) in [5, 5.41) is 0.599. The maximum atomic E-state index is 11.9. The summed E-state index contributed by atoms with van der Waals surface area (Å²) in [6, 6.07) is 6.76. The van der Waals surface area contributed by atoms with E-state index in [9.17, 15) is 4.79 Å². The molecule has 0 bridgehead atoms. The van der Waals surface area contributed by atoms with E-state index in [2.05, 4.69) is 6.58 Å². The van der Waals surface area contributed by atoms with Gasteiger partial charge in [-0.2, -0.15) is 0 Å². The Morgan fingerprint density at radius 2 is 2.32 bits per heavy atom. The molecule has 102 valence electrons. The fraction of sp³-hybridized carbons (Fsp3) is 0.267. The number of nitrogens with zero attached hydrogens (tertiary/aromatic N) is 1. The predicted octanol–water partition coefficient (Wildman–Crippen LogP) is 3.23. The number of ether oxygens (including phenoxy) is 1. The van der Waals surface area contributed by atoms with E-state index >= 15 is 0 Å². The van der Waals surface area contributed by atoms with Gasteiger partial charge in [-0.15, -0.1) is 0 Å². The molecule has 0 aliphatic carbocycles. The zero-order valence-corrected chi connectivity index (χ0v) is 11.9. The molecule has 0 heterocycles. The van der Waals surface area contributed by atoms with E-state index in [-0.39, 0.29) is 5.97 Å². The van der Waals surface area contributed by atoms with Crippen molar-refractivity contribution in [1.29, 1.82) is 0 Å². The molecule has 0 saturated heterocycles. The van der Waals surface area contributed by atoms with Gasteiger partial charge in [0.25, 0.3) is 0 Å². The van der Waals surface area contributed by atoms with Gasteiger partial charge in [0.15, 0.2) is 0 Å². The van der Waals surface area contributed by atoms with Crippen LogP contribution in [0.4, 0.5) is 0 Å². The third kappa shape index (κ3) is 4.54. The third-order valence-electron chi connectivity index (χ3n) is 2.70. The highest BCUT2D eigenvalue weighted by Gasteiger charge is 2.25. The number of carbonyl (C=O) groups excluding carboxylic acids is 1. The van der Waals surface area contributed by atoms with Crippen molar-refractivity contribution < 1.29 is 9.53 Å². The molecule has 1 aromatic carbocycles. The summed E-state index contributed by atoms with van der Waals surface area (Å²) >= 11 is 5.97. The molecule has 0 amide bonds. The quantitative estimate of drug-likeness (QED) is 0.591. The van der Waals surface area contributed by atoms with Crippen LogP contribution in [0.25, 0.3) is 0 Å². The molecule has 3 nitrogen and oxygen atoms in total. The van der Waals surface area contributed by atoms with Crippen LogP contribution in [0, 0.1) is 0 Å². The Morgan fingerprint density at radius 3 is 2.89 bits per heavy atom. The number of esters is 1. The highest BCUT2D eigenvalue weighted by atomic mass is 35.5. The maximum absolute atomic E-state index is 11.9. The largest absolute Gasteiger partial charge is 0.468 e. The van der Waals surface area contributed by atoms with Gasteiger partial charge in [0.2, 0.25) is 0 Å². The second kappa shape index (κ2) is 7.77. The van der Waals surface area contributed by atoms with E-state index in [4.69, 9.17) is 16.3 Å². The smallest absolute Gasteiger partial charge is 0.327 e. The van der Waals surface area contributed by atoms with Gasteiger partial charge >= 0.3 is 5.97 Å². The number of allylic oxidation sites excluding steroid dienone is 2. The molecule has 0 spiro atoms. The molecular weight excluding hydrogens is 262 g/mol. The molecule has 1 aromatic rings. The molecule has 0 aliphatic heterocycles. The Labute approximate surface area is 119 Å². The lowest BCUT2D eigenvalue weighted by Gasteiger charge is -2.25. The molecule has 1 unspecified atom stereocenters. The van der Waals surface area contributed by atoms with Gasteiger partial charge in [-0.05, 0) is 24.7 Å². The summed E-state index contributed by atoms with van der Waals surface area (Å²) in [4.78, 5) is 13.8. The Morgan fingerprint density at radius 1 is 1.58 bits per heavy atom. The first kappa shape index (κ1) is 15.5. The van der Waals surface area contributed by atoms with E-state index in [0.717, 1.165) is 5.56 Å². The minimum Gasteiger partial charge on any atom is -0.468 e. The van der Waals surface area contributed by atoms with Crippen molar-refractivity contribution in [2.45, 2.75) is 6.04 Å². The Balaban J connectivity index is 2.97. The van der Waals surface area contributed by atoms with Crippen LogP contribution in [0.2, 0.25) is 5.02 Å². The number of hydrogen-bond acceptors (Lipinski definition) is 3. The fourth-order valence-electron chi connectivity index (χ4n) is 1.79.